The average molecular weight is 309 g/mol. The maximum absolute atomic E-state index is 11.9. The van der Waals surface area contributed by atoms with Gasteiger partial charge in [0.15, 0.2) is 11.5 Å². The quantitative estimate of drug-likeness (QED) is 0.631. The number of rotatable bonds is 4. The van der Waals surface area contributed by atoms with E-state index in [0.29, 0.717) is 27.3 Å². The van der Waals surface area contributed by atoms with Crippen molar-refractivity contribution in [3.05, 3.63) is 28.7 Å². The van der Waals surface area contributed by atoms with E-state index in [1.165, 1.54) is 16.7 Å². The highest BCUT2D eigenvalue weighted by atomic mass is 32.2. The summed E-state index contributed by atoms with van der Waals surface area (Å²) in [6.07, 6.45) is 1.81. The minimum Gasteiger partial charge on any atom is -0.493 e. The van der Waals surface area contributed by atoms with Crippen molar-refractivity contribution < 1.29 is 14.3 Å². The molecule has 1 aliphatic rings. The third-order valence-electron chi connectivity index (χ3n) is 2.77. The molecule has 1 heterocycles. The first kappa shape index (κ1) is 14.9. The summed E-state index contributed by atoms with van der Waals surface area (Å²) in [7, 11) is 3.27. The maximum Gasteiger partial charge on any atom is 0.265 e. The van der Waals surface area contributed by atoms with Crippen molar-refractivity contribution in [3.8, 4) is 11.5 Å². The van der Waals surface area contributed by atoms with Crippen molar-refractivity contribution in [1.82, 2.24) is 4.90 Å². The summed E-state index contributed by atoms with van der Waals surface area (Å²) in [6, 6.07) is 5.56. The normalized spacial score (nSPS) is 16.9. The lowest BCUT2D eigenvalue weighted by atomic mass is 10.2. The Balaban J connectivity index is 2.30. The molecule has 4 nitrogen and oxygen atoms in total. The molecule has 0 N–H and O–H groups in total. The summed E-state index contributed by atoms with van der Waals surface area (Å²) in [6.45, 7) is 2.49. The Kier molecular flexibility index (Phi) is 4.67. The largest absolute Gasteiger partial charge is 0.493 e. The average Bonchev–Trinajstić information content (AvgIpc) is 2.68. The maximum atomic E-state index is 11.9. The highest BCUT2D eigenvalue weighted by molar-refractivity contribution is 8.26. The molecule has 20 heavy (non-hydrogen) atoms. The predicted molar refractivity (Wildman–Crippen MR) is 85.1 cm³/mol. The van der Waals surface area contributed by atoms with Crippen molar-refractivity contribution in [2.75, 3.05) is 20.8 Å². The summed E-state index contributed by atoms with van der Waals surface area (Å²) >= 11 is 6.40. The van der Waals surface area contributed by atoms with Gasteiger partial charge in [0.2, 0.25) is 0 Å². The zero-order valence-electron chi connectivity index (χ0n) is 11.5. The van der Waals surface area contributed by atoms with E-state index in [-0.39, 0.29) is 5.91 Å². The molecule has 0 atom stereocenters. The van der Waals surface area contributed by atoms with Crippen LogP contribution in [0.2, 0.25) is 0 Å². The number of carbonyl (C=O) groups excluding carboxylic acids is 1. The van der Waals surface area contributed by atoms with Crippen LogP contribution in [0.5, 0.6) is 11.5 Å². The van der Waals surface area contributed by atoms with Crippen molar-refractivity contribution in [2.45, 2.75) is 6.92 Å². The van der Waals surface area contributed by atoms with Crippen molar-refractivity contribution in [1.29, 1.82) is 0 Å². The fourth-order valence-corrected chi connectivity index (χ4v) is 2.93. The second kappa shape index (κ2) is 6.28. The topological polar surface area (TPSA) is 38.8 Å². The molecule has 0 bridgehead atoms. The zero-order chi connectivity index (χ0) is 14.7. The van der Waals surface area contributed by atoms with Crippen molar-refractivity contribution in [3.63, 3.8) is 0 Å². The van der Waals surface area contributed by atoms with Gasteiger partial charge in [0.1, 0.15) is 4.32 Å². The molecule has 106 valence electrons. The molecular formula is C14H15NO3S2. The molecule has 0 saturated carbocycles. The molecule has 1 aromatic carbocycles. The van der Waals surface area contributed by atoms with Gasteiger partial charge < -0.3 is 9.47 Å². The fraction of sp³-hybridized carbons (Fsp3) is 0.286. The second-order valence-electron chi connectivity index (χ2n) is 4.08. The molecule has 0 aromatic heterocycles. The van der Waals surface area contributed by atoms with Crippen LogP contribution in [0.25, 0.3) is 6.08 Å². The number of carbonyl (C=O) groups is 1. The Bertz CT molecular complexity index is 584. The van der Waals surface area contributed by atoms with Crippen molar-refractivity contribution in [2.24, 2.45) is 0 Å². The number of thioether (sulfide) groups is 1. The zero-order valence-corrected chi connectivity index (χ0v) is 13.1. The first-order valence-electron chi connectivity index (χ1n) is 6.09. The van der Waals surface area contributed by atoms with Gasteiger partial charge in [-0.05, 0) is 30.7 Å². The number of methoxy groups -OCH3 is 1. The van der Waals surface area contributed by atoms with E-state index in [2.05, 4.69) is 0 Å². The van der Waals surface area contributed by atoms with Crippen LogP contribution in [0.1, 0.15) is 12.5 Å². The van der Waals surface area contributed by atoms with E-state index in [9.17, 15) is 4.79 Å². The third-order valence-corrected chi connectivity index (χ3v) is 4.26. The highest BCUT2D eigenvalue weighted by Gasteiger charge is 2.28. The number of benzene rings is 1. The summed E-state index contributed by atoms with van der Waals surface area (Å²) in [5.41, 5.74) is 0.874. The first-order chi connectivity index (χ1) is 9.56. The smallest absolute Gasteiger partial charge is 0.265 e. The van der Waals surface area contributed by atoms with E-state index in [1.54, 1.807) is 20.2 Å². The molecule has 2 rings (SSSR count). The molecule has 1 saturated heterocycles. The van der Waals surface area contributed by atoms with Crippen LogP contribution in [0.4, 0.5) is 0 Å². The lowest BCUT2D eigenvalue weighted by Gasteiger charge is -2.09. The van der Waals surface area contributed by atoms with E-state index in [4.69, 9.17) is 21.7 Å². The highest BCUT2D eigenvalue weighted by Crippen LogP contribution is 2.33. The molecule has 0 spiro atoms. The standard InChI is InChI=1S/C14H15NO3S2/c1-4-18-10-6-5-9(7-11(10)17-3)8-12-13(16)15(2)14(19)20-12/h5-8H,4H2,1-3H3/b12-8+. The Morgan fingerprint density at radius 2 is 2.15 bits per heavy atom. The Morgan fingerprint density at radius 3 is 2.70 bits per heavy atom. The molecule has 0 aliphatic carbocycles. The van der Waals surface area contributed by atoms with E-state index < -0.39 is 0 Å². The van der Waals surface area contributed by atoms with Crippen LogP contribution in [-0.2, 0) is 4.79 Å². The van der Waals surface area contributed by atoms with Gasteiger partial charge in [-0.25, -0.2) is 0 Å². The number of amides is 1. The van der Waals surface area contributed by atoms with Gasteiger partial charge in [-0.3, -0.25) is 9.69 Å². The van der Waals surface area contributed by atoms with Gasteiger partial charge in [-0.15, -0.1) is 0 Å². The Hall–Kier alpha value is -1.53. The molecule has 0 unspecified atom stereocenters. The monoisotopic (exact) mass is 309 g/mol. The summed E-state index contributed by atoms with van der Waals surface area (Å²) in [5.74, 6) is 1.26. The fourth-order valence-electron chi connectivity index (χ4n) is 1.75. The molecule has 6 heteroatoms. The van der Waals surface area contributed by atoms with Gasteiger partial charge in [0.25, 0.3) is 5.91 Å². The SMILES string of the molecule is CCOc1ccc(/C=C2/SC(=S)N(C)C2=O)cc1OC. The Morgan fingerprint density at radius 1 is 1.40 bits per heavy atom. The van der Waals surface area contributed by atoms with Crippen LogP contribution >= 0.6 is 24.0 Å². The minimum atomic E-state index is -0.0761. The molecule has 0 radical (unpaired) electrons. The Labute approximate surface area is 127 Å². The van der Waals surface area contributed by atoms with Gasteiger partial charge in [-0.2, -0.15) is 0 Å². The van der Waals surface area contributed by atoms with Crippen LogP contribution in [0.15, 0.2) is 23.1 Å². The summed E-state index contributed by atoms with van der Waals surface area (Å²) < 4.78 is 11.3. The number of likely N-dealkylation sites (N-methyl/N-ethyl adjacent to an activating group) is 1. The summed E-state index contributed by atoms with van der Waals surface area (Å²) in [5, 5.41) is 0. The van der Waals surface area contributed by atoms with Gasteiger partial charge in [0.05, 0.1) is 18.6 Å². The molecule has 1 fully saturated rings. The van der Waals surface area contributed by atoms with E-state index in [1.807, 2.05) is 25.1 Å². The van der Waals surface area contributed by atoms with Crippen LogP contribution in [0, 0.1) is 0 Å². The molecule has 1 aliphatic heterocycles. The van der Waals surface area contributed by atoms with Crippen molar-refractivity contribution >= 4 is 40.3 Å². The number of thiocarbonyl (C=S) groups is 1. The molecule has 1 aromatic rings. The minimum absolute atomic E-state index is 0.0761. The number of hydrogen-bond donors (Lipinski definition) is 0. The lowest BCUT2D eigenvalue weighted by molar-refractivity contribution is -0.121. The van der Waals surface area contributed by atoms with Gasteiger partial charge in [0, 0.05) is 7.05 Å². The van der Waals surface area contributed by atoms with Gasteiger partial charge >= 0.3 is 0 Å². The first-order valence-corrected chi connectivity index (χ1v) is 7.31. The number of ether oxygens (including phenoxy) is 2. The second-order valence-corrected chi connectivity index (χ2v) is 5.76. The number of nitrogens with zero attached hydrogens (tertiary/aromatic N) is 1. The molecular weight excluding hydrogens is 294 g/mol. The van der Waals surface area contributed by atoms with E-state index in [0.717, 1.165) is 5.56 Å². The van der Waals surface area contributed by atoms with Gasteiger partial charge in [-0.1, -0.05) is 30.0 Å². The number of hydrogen-bond acceptors (Lipinski definition) is 5. The van der Waals surface area contributed by atoms with Crippen LogP contribution in [-0.4, -0.2) is 35.9 Å². The van der Waals surface area contributed by atoms with Crippen LogP contribution in [0.3, 0.4) is 0 Å². The third kappa shape index (κ3) is 2.96. The van der Waals surface area contributed by atoms with E-state index >= 15 is 0 Å². The van der Waals surface area contributed by atoms with Crippen LogP contribution < -0.4 is 9.47 Å². The summed E-state index contributed by atoms with van der Waals surface area (Å²) in [4.78, 5) is 14.0. The molecule has 1 amide bonds. The predicted octanol–water partition coefficient (Wildman–Crippen LogP) is 2.92. The lowest BCUT2D eigenvalue weighted by Crippen LogP contribution is -2.22.